The van der Waals surface area contributed by atoms with Crippen molar-refractivity contribution in [2.45, 2.75) is 38.8 Å². The van der Waals surface area contributed by atoms with E-state index in [1.807, 2.05) is 30.3 Å². The van der Waals surface area contributed by atoms with Crippen LogP contribution in [0.5, 0.6) is 0 Å². The first-order valence-electron chi connectivity index (χ1n) is 9.06. The number of unbranched alkanes of at least 4 members (excludes halogenated alkanes) is 1. The number of nitrogens with zero attached hydrogens (tertiary/aromatic N) is 2. The summed E-state index contributed by atoms with van der Waals surface area (Å²) in [5, 5.41) is 11.4. The minimum absolute atomic E-state index is 0.0293. The molecule has 0 saturated carbocycles. The zero-order valence-electron chi connectivity index (χ0n) is 16.0. The molecular formula is C19H27N5O4. The summed E-state index contributed by atoms with van der Waals surface area (Å²) < 4.78 is 0. The summed E-state index contributed by atoms with van der Waals surface area (Å²) >= 11 is 0. The van der Waals surface area contributed by atoms with Crippen LogP contribution in [0, 0.1) is 4.91 Å². The Kier molecular flexibility index (Phi) is 10.6. The number of nitrogens with one attached hydrogen (secondary N) is 3. The number of hydrogen-bond donors (Lipinski definition) is 3. The van der Waals surface area contributed by atoms with Gasteiger partial charge < -0.3 is 16.0 Å². The van der Waals surface area contributed by atoms with Crippen molar-refractivity contribution in [2.24, 2.45) is 5.29 Å². The average molecular weight is 389 g/mol. The molecule has 0 bridgehead atoms. The lowest BCUT2D eigenvalue weighted by molar-refractivity contribution is -0.128. The van der Waals surface area contributed by atoms with Crippen molar-refractivity contribution < 1.29 is 14.4 Å². The van der Waals surface area contributed by atoms with Gasteiger partial charge in [-0.1, -0.05) is 36.4 Å². The molecule has 0 aliphatic carbocycles. The first kappa shape index (κ1) is 22.8. The Labute approximate surface area is 164 Å². The van der Waals surface area contributed by atoms with Gasteiger partial charge >= 0.3 is 6.03 Å². The third-order valence-corrected chi connectivity index (χ3v) is 3.83. The van der Waals surface area contributed by atoms with Crippen LogP contribution in [0.4, 0.5) is 4.79 Å². The fraction of sp³-hybridized carbons (Fsp3) is 0.421. The highest BCUT2D eigenvalue weighted by atomic mass is 16.3. The molecule has 0 radical (unpaired) electrons. The van der Waals surface area contributed by atoms with Crippen molar-refractivity contribution in [3.8, 4) is 0 Å². The summed E-state index contributed by atoms with van der Waals surface area (Å²) in [5.74, 6) is -0.546. The molecule has 1 atom stereocenters. The van der Waals surface area contributed by atoms with E-state index in [-0.39, 0.29) is 18.4 Å². The second-order valence-corrected chi connectivity index (χ2v) is 6.14. The van der Waals surface area contributed by atoms with E-state index in [1.54, 1.807) is 0 Å². The normalized spacial score (nSPS) is 11.0. The second kappa shape index (κ2) is 13.0. The van der Waals surface area contributed by atoms with Gasteiger partial charge in [-0.15, -0.1) is 11.5 Å². The summed E-state index contributed by atoms with van der Waals surface area (Å²) in [6, 6.07) is 8.22. The highest BCUT2D eigenvalue weighted by Gasteiger charge is 2.19. The van der Waals surface area contributed by atoms with Gasteiger partial charge in [-0.25, -0.2) is 4.79 Å². The zero-order valence-corrected chi connectivity index (χ0v) is 16.0. The number of amides is 4. The van der Waals surface area contributed by atoms with Crippen molar-refractivity contribution in [1.29, 1.82) is 0 Å². The molecule has 0 spiro atoms. The molecule has 9 heteroatoms. The Morgan fingerprint density at radius 1 is 1.18 bits per heavy atom. The Balaban J connectivity index is 2.39. The molecule has 1 aromatic rings. The minimum atomic E-state index is -0.647. The lowest BCUT2D eigenvalue weighted by atomic mass is 10.1. The van der Waals surface area contributed by atoms with Gasteiger partial charge in [-0.2, -0.15) is 5.01 Å². The van der Waals surface area contributed by atoms with Gasteiger partial charge in [0, 0.05) is 20.0 Å². The second-order valence-electron chi connectivity index (χ2n) is 6.14. The third-order valence-electron chi connectivity index (χ3n) is 3.83. The molecule has 0 heterocycles. The minimum Gasteiger partial charge on any atom is -0.350 e. The quantitative estimate of drug-likeness (QED) is 0.219. The summed E-state index contributed by atoms with van der Waals surface area (Å²) in [6.45, 7) is 5.53. The molecule has 0 aliphatic heterocycles. The van der Waals surface area contributed by atoms with Crippen LogP contribution in [-0.2, 0) is 16.1 Å². The molecule has 3 N–H and O–H groups in total. The van der Waals surface area contributed by atoms with Gasteiger partial charge in [0.15, 0.2) is 0 Å². The topological polar surface area (TPSA) is 120 Å². The molecular weight excluding hydrogens is 362 g/mol. The SMILES string of the molecule is C=CCN(N=O)C(=O)NCCCC[C@H](NC(C)=O)C(=O)NCc1ccccc1. The molecule has 9 nitrogen and oxygen atoms in total. The van der Waals surface area contributed by atoms with E-state index >= 15 is 0 Å². The van der Waals surface area contributed by atoms with E-state index in [4.69, 9.17) is 0 Å². The van der Waals surface area contributed by atoms with Crippen molar-refractivity contribution >= 4 is 17.8 Å². The van der Waals surface area contributed by atoms with E-state index in [9.17, 15) is 19.3 Å². The fourth-order valence-corrected chi connectivity index (χ4v) is 2.46. The molecule has 0 unspecified atom stereocenters. The number of carbonyl (C=O) groups is 3. The highest BCUT2D eigenvalue weighted by molar-refractivity contribution is 5.86. The molecule has 0 saturated heterocycles. The largest absolute Gasteiger partial charge is 0.350 e. The molecule has 28 heavy (non-hydrogen) atoms. The lowest BCUT2D eigenvalue weighted by Crippen LogP contribution is -2.45. The first-order chi connectivity index (χ1) is 13.5. The van der Waals surface area contributed by atoms with Crippen LogP contribution in [0.3, 0.4) is 0 Å². The smallest absolute Gasteiger partial charge is 0.340 e. The van der Waals surface area contributed by atoms with Crippen LogP contribution in [0.1, 0.15) is 31.7 Å². The molecule has 0 aliphatic rings. The summed E-state index contributed by atoms with van der Waals surface area (Å²) in [7, 11) is 0. The summed E-state index contributed by atoms with van der Waals surface area (Å²) in [4.78, 5) is 46.0. The Morgan fingerprint density at radius 2 is 1.89 bits per heavy atom. The fourth-order valence-electron chi connectivity index (χ4n) is 2.46. The first-order valence-corrected chi connectivity index (χ1v) is 9.06. The van der Waals surface area contributed by atoms with Gasteiger partial charge in [0.05, 0.1) is 11.8 Å². The van der Waals surface area contributed by atoms with E-state index in [0.717, 1.165) is 10.6 Å². The van der Waals surface area contributed by atoms with Crippen molar-refractivity contribution in [2.75, 3.05) is 13.1 Å². The monoisotopic (exact) mass is 389 g/mol. The highest BCUT2D eigenvalue weighted by Crippen LogP contribution is 2.03. The predicted octanol–water partition coefficient (Wildman–Crippen LogP) is 1.86. The number of carbonyl (C=O) groups excluding carboxylic acids is 3. The van der Waals surface area contributed by atoms with Crippen LogP contribution < -0.4 is 16.0 Å². The lowest BCUT2D eigenvalue weighted by Gasteiger charge is -2.18. The van der Waals surface area contributed by atoms with Gasteiger partial charge in [0.25, 0.3) is 0 Å². The maximum absolute atomic E-state index is 12.4. The Hall–Kier alpha value is -3.23. The maximum atomic E-state index is 12.4. The van der Waals surface area contributed by atoms with Crippen molar-refractivity contribution in [3.05, 3.63) is 53.5 Å². The molecule has 1 aromatic carbocycles. The van der Waals surface area contributed by atoms with Crippen LogP contribution in [-0.4, -0.2) is 42.0 Å². The van der Waals surface area contributed by atoms with E-state index in [0.29, 0.717) is 32.4 Å². The molecule has 4 amide bonds. The maximum Gasteiger partial charge on any atom is 0.340 e. The molecule has 0 fully saturated rings. The van der Waals surface area contributed by atoms with Crippen molar-refractivity contribution in [1.82, 2.24) is 21.0 Å². The Morgan fingerprint density at radius 3 is 2.50 bits per heavy atom. The van der Waals surface area contributed by atoms with Gasteiger partial charge in [-0.3, -0.25) is 9.59 Å². The molecule has 0 aromatic heterocycles. The summed E-state index contributed by atoms with van der Waals surface area (Å²) in [6.07, 6.45) is 3.00. The van der Waals surface area contributed by atoms with Gasteiger partial charge in [0.2, 0.25) is 11.8 Å². The van der Waals surface area contributed by atoms with Crippen LogP contribution in [0.25, 0.3) is 0 Å². The standard InChI is InChI=1S/C19H27N5O4/c1-3-13-24(23-28)19(27)20-12-8-7-11-17(22-15(2)25)18(26)21-14-16-9-5-4-6-10-16/h3-6,9-10,17H,1,7-8,11-14H2,2H3,(H,20,27)(H,21,26)(H,22,25)/t17-/m0/s1. The van der Waals surface area contributed by atoms with E-state index in [2.05, 4.69) is 27.8 Å². The van der Waals surface area contributed by atoms with Gasteiger partial charge in [-0.05, 0) is 24.8 Å². The number of benzene rings is 1. The van der Waals surface area contributed by atoms with Gasteiger partial charge in [0.1, 0.15) is 6.04 Å². The van der Waals surface area contributed by atoms with E-state index in [1.165, 1.54) is 13.0 Å². The van der Waals surface area contributed by atoms with Crippen LogP contribution in [0.15, 0.2) is 48.3 Å². The van der Waals surface area contributed by atoms with Crippen molar-refractivity contribution in [3.63, 3.8) is 0 Å². The number of rotatable bonds is 12. The van der Waals surface area contributed by atoms with E-state index < -0.39 is 12.1 Å². The number of nitroso groups, excluding NO2 is 1. The Bertz CT molecular complexity index is 666. The summed E-state index contributed by atoms with van der Waals surface area (Å²) in [5.41, 5.74) is 0.966. The molecule has 1 rings (SSSR count). The average Bonchev–Trinajstić information content (AvgIpc) is 2.69. The van der Waals surface area contributed by atoms with Crippen LogP contribution >= 0.6 is 0 Å². The number of urea groups is 1. The predicted molar refractivity (Wildman–Crippen MR) is 106 cm³/mol. The zero-order chi connectivity index (χ0) is 20.8. The number of hydrogen-bond acceptors (Lipinski definition) is 5. The third kappa shape index (κ3) is 8.93. The molecule has 152 valence electrons. The van der Waals surface area contributed by atoms with Crippen LogP contribution in [0.2, 0.25) is 0 Å².